The molecule has 3 aromatic carbocycles. The number of anilines is 1. The van der Waals surface area contributed by atoms with E-state index in [9.17, 15) is 27.9 Å². The lowest BCUT2D eigenvalue weighted by atomic mass is 9.73. The van der Waals surface area contributed by atoms with E-state index in [0.717, 1.165) is 42.5 Å². The highest BCUT2D eigenvalue weighted by molar-refractivity contribution is 5.98. The molecule has 0 radical (unpaired) electrons. The molecule has 0 aliphatic heterocycles. The first-order chi connectivity index (χ1) is 18.5. The van der Waals surface area contributed by atoms with Gasteiger partial charge < -0.3 is 10.4 Å². The Balaban J connectivity index is 1.59. The Morgan fingerprint density at radius 2 is 1.54 bits per heavy atom. The van der Waals surface area contributed by atoms with Crippen LogP contribution in [0.1, 0.15) is 66.1 Å². The van der Waals surface area contributed by atoms with Gasteiger partial charge in [-0.05, 0) is 60.6 Å². The predicted molar refractivity (Wildman–Crippen MR) is 142 cm³/mol. The van der Waals surface area contributed by atoms with Gasteiger partial charge in [-0.3, -0.25) is 9.59 Å². The zero-order valence-electron chi connectivity index (χ0n) is 21.5. The summed E-state index contributed by atoms with van der Waals surface area (Å²) in [5, 5.41) is 23.3. The third-order valence-electron chi connectivity index (χ3n) is 7.43. The molecule has 0 heterocycles. The SMILES string of the molecule is CC(=O)c1ccc(-c2ccc(CC(O)(C(=O)Nc3ccc(C#N)c(C(F)(F)F)c3)C3CCCCC3)cc2)cc1. The summed E-state index contributed by atoms with van der Waals surface area (Å²) in [5.74, 6) is -1.14. The summed E-state index contributed by atoms with van der Waals surface area (Å²) < 4.78 is 40.3. The summed E-state index contributed by atoms with van der Waals surface area (Å²) in [6.45, 7) is 1.50. The van der Waals surface area contributed by atoms with Crippen LogP contribution in [0.15, 0.2) is 66.7 Å². The van der Waals surface area contributed by atoms with Crippen LogP contribution in [0.4, 0.5) is 18.9 Å². The van der Waals surface area contributed by atoms with Crippen LogP contribution in [-0.4, -0.2) is 22.4 Å². The van der Waals surface area contributed by atoms with Crippen LogP contribution in [0.25, 0.3) is 11.1 Å². The van der Waals surface area contributed by atoms with Gasteiger partial charge in [-0.25, -0.2) is 0 Å². The molecule has 0 saturated heterocycles. The van der Waals surface area contributed by atoms with Gasteiger partial charge >= 0.3 is 6.18 Å². The van der Waals surface area contributed by atoms with Gasteiger partial charge in [0.15, 0.2) is 5.78 Å². The number of carbonyl (C=O) groups is 2. The van der Waals surface area contributed by atoms with Gasteiger partial charge in [-0.15, -0.1) is 0 Å². The molecule has 1 aliphatic carbocycles. The van der Waals surface area contributed by atoms with Gasteiger partial charge in [0, 0.05) is 17.7 Å². The van der Waals surface area contributed by atoms with Crippen molar-refractivity contribution in [3.8, 4) is 17.2 Å². The van der Waals surface area contributed by atoms with Crippen molar-refractivity contribution in [3.05, 3.63) is 89.0 Å². The van der Waals surface area contributed by atoms with Gasteiger partial charge in [0.2, 0.25) is 0 Å². The summed E-state index contributed by atoms with van der Waals surface area (Å²) in [4.78, 5) is 25.0. The number of nitrogens with one attached hydrogen (secondary N) is 1. The Labute approximate surface area is 225 Å². The Hall–Kier alpha value is -3.96. The maximum atomic E-state index is 13.5. The molecule has 1 aliphatic rings. The van der Waals surface area contributed by atoms with E-state index in [4.69, 9.17) is 5.26 Å². The Bertz CT molecular complexity index is 1390. The molecule has 0 aromatic heterocycles. The number of nitrogens with zero attached hydrogens (tertiary/aromatic N) is 1. The van der Waals surface area contributed by atoms with Gasteiger partial charge in [0.25, 0.3) is 5.91 Å². The summed E-state index contributed by atoms with van der Waals surface area (Å²) in [6.07, 6.45) is -0.808. The van der Waals surface area contributed by atoms with Crippen molar-refractivity contribution in [2.24, 2.45) is 5.92 Å². The summed E-state index contributed by atoms with van der Waals surface area (Å²) in [6, 6.07) is 19.1. The van der Waals surface area contributed by atoms with Crippen molar-refractivity contribution >= 4 is 17.4 Å². The fourth-order valence-electron chi connectivity index (χ4n) is 5.21. The van der Waals surface area contributed by atoms with Gasteiger partial charge in [-0.1, -0.05) is 67.8 Å². The molecule has 0 bridgehead atoms. The number of rotatable bonds is 7. The van der Waals surface area contributed by atoms with Crippen molar-refractivity contribution in [1.82, 2.24) is 0 Å². The zero-order chi connectivity index (χ0) is 28.2. The van der Waals surface area contributed by atoms with Crippen LogP contribution in [0.2, 0.25) is 0 Å². The average molecular weight is 535 g/mol. The number of hydrogen-bond acceptors (Lipinski definition) is 4. The fraction of sp³-hybridized carbons (Fsp3) is 0.323. The molecule has 8 heteroatoms. The van der Waals surface area contributed by atoms with Crippen molar-refractivity contribution in [1.29, 1.82) is 5.26 Å². The second kappa shape index (κ2) is 11.4. The van der Waals surface area contributed by atoms with E-state index >= 15 is 0 Å². The number of Topliss-reactive ketones (excluding diaryl/α,β-unsaturated/α-hetero) is 1. The highest BCUT2D eigenvalue weighted by Crippen LogP contribution is 2.38. The van der Waals surface area contributed by atoms with E-state index in [1.807, 2.05) is 36.4 Å². The fourth-order valence-corrected chi connectivity index (χ4v) is 5.21. The number of nitriles is 1. The summed E-state index contributed by atoms with van der Waals surface area (Å²) >= 11 is 0. The molecule has 3 aromatic rings. The first kappa shape index (κ1) is 28.1. The molecule has 0 spiro atoms. The smallest absolute Gasteiger partial charge is 0.379 e. The number of alkyl halides is 3. The number of ketones is 1. The highest BCUT2D eigenvalue weighted by atomic mass is 19.4. The monoisotopic (exact) mass is 534 g/mol. The molecular weight excluding hydrogens is 505 g/mol. The number of benzene rings is 3. The van der Waals surface area contributed by atoms with Crippen molar-refractivity contribution in [2.75, 3.05) is 5.32 Å². The number of aliphatic hydroxyl groups is 1. The van der Waals surface area contributed by atoms with E-state index in [-0.39, 0.29) is 23.8 Å². The van der Waals surface area contributed by atoms with E-state index in [1.54, 1.807) is 12.1 Å². The average Bonchev–Trinajstić information content (AvgIpc) is 2.93. The minimum Gasteiger partial charge on any atom is -0.379 e. The second-order valence-corrected chi connectivity index (χ2v) is 10.1. The predicted octanol–water partition coefficient (Wildman–Crippen LogP) is 6.94. The van der Waals surface area contributed by atoms with Crippen molar-refractivity contribution in [2.45, 2.75) is 57.2 Å². The maximum absolute atomic E-state index is 13.5. The topological polar surface area (TPSA) is 90.2 Å². The molecular formula is C31H29F3N2O3. The minimum atomic E-state index is -4.76. The molecule has 1 saturated carbocycles. The molecule has 202 valence electrons. The van der Waals surface area contributed by atoms with Crippen LogP contribution in [-0.2, 0) is 17.4 Å². The van der Waals surface area contributed by atoms with E-state index in [2.05, 4.69) is 5.32 Å². The zero-order valence-corrected chi connectivity index (χ0v) is 21.5. The van der Waals surface area contributed by atoms with Crippen LogP contribution in [0.5, 0.6) is 0 Å². The van der Waals surface area contributed by atoms with Gasteiger partial charge in [-0.2, -0.15) is 18.4 Å². The lowest BCUT2D eigenvalue weighted by molar-refractivity contribution is -0.142. The Morgan fingerprint density at radius 1 is 0.949 bits per heavy atom. The Kier molecular flexibility index (Phi) is 8.22. The van der Waals surface area contributed by atoms with E-state index < -0.39 is 28.8 Å². The third-order valence-corrected chi connectivity index (χ3v) is 7.43. The van der Waals surface area contributed by atoms with Crippen LogP contribution < -0.4 is 5.32 Å². The molecule has 39 heavy (non-hydrogen) atoms. The maximum Gasteiger partial charge on any atom is 0.417 e. The van der Waals surface area contributed by atoms with Crippen molar-refractivity contribution in [3.63, 3.8) is 0 Å². The van der Waals surface area contributed by atoms with Crippen LogP contribution >= 0.6 is 0 Å². The van der Waals surface area contributed by atoms with E-state index in [1.165, 1.54) is 19.1 Å². The number of hydrogen-bond donors (Lipinski definition) is 2. The van der Waals surface area contributed by atoms with Gasteiger partial charge in [0.05, 0.1) is 17.2 Å². The standard InChI is InChI=1S/C31H29F3N2O3/c1-20(37)22-11-13-24(14-12-22)23-9-7-21(8-10-23)18-30(39,26-5-3-2-4-6-26)29(38)36-27-16-15-25(19-35)28(17-27)31(32,33)34/h7-17,26,39H,2-6,18H2,1H3,(H,36,38). The van der Waals surface area contributed by atoms with Crippen LogP contribution in [0.3, 0.4) is 0 Å². The molecule has 1 fully saturated rings. The summed E-state index contributed by atoms with van der Waals surface area (Å²) in [7, 11) is 0. The number of halogens is 3. The first-order valence-electron chi connectivity index (χ1n) is 12.9. The van der Waals surface area contributed by atoms with Crippen molar-refractivity contribution < 1.29 is 27.9 Å². The minimum absolute atomic E-state index is 0.00450. The molecule has 1 atom stereocenters. The highest BCUT2D eigenvalue weighted by Gasteiger charge is 2.44. The number of amides is 1. The quantitative estimate of drug-likeness (QED) is 0.321. The Morgan fingerprint density at radius 3 is 2.08 bits per heavy atom. The summed E-state index contributed by atoms with van der Waals surface area (Å²) in [5.41, 5.74) is -0.524. The number of carbonyl (C=O) groups excluding carboxylic acids is 2. The molecule has 2 N–H and O–H groups in total. The molecule has 5 nitrogen and oxygen atoms in total. The second-order valence-electron chi connectivity index (χ2n) is 10.1. The lowest BCUT2D eigenvalue weighted by Crippen LogP contribution is -2.51. The van der Waals surface area contributed by atoms with E-state index in [0.29, 0.717) is 24.0 Å². The molecule has 1 unspecified atom stereocenters. The first-order valence-corrected chi connectivity index (χ1v) is 12.9. The third kappa shape index (κ3) is 6.37. The molecule has 1 amide bonds. The van der Waals surface area contributed by atoms with Gasteiger partial charge in [0.1, 0.15) is 5.60 Å². The normalized spacial score (nSPS) is 15.7. The van der Waals surface area contributed by atoms with Crippen LogP contribution in [0, 0.1) is 17.2 Å². The molecule has 4 rings (SSSR count). The lowest BCUT2D eigenvalue weighted by Gasteiger charge is -2.37. The largest absolute Gasteiger partial charge is 0.417 e.